The van der Waals surface area contributed by atoms with Crippen LogP contribution in [0.4, 0.5) is 0 Å². The Morgan fingerprint density at radius 2 is 1.16 bits per heavy atom. The molecular weight excluding hydrogens is 851 g/mol. The molecule has 342 valence electrons. The van der Waals surface area contributed by atoms with E-state index in [-0.39, 0.29) is 0 Å². The van der Waals surface area contributed by atoms with E-state index < -0.39 is 14.3 Å². The van der Waals surface area contributed by atoms with Crippen LogP contribution in [0.2, 0.25) is 0 Å². The molecule has 0 radical (unpaired) electrons. The third-order valence-corrected chi connectivity index (χ3v) is 17.2. The van der Waals surface area contributed by atoms with Crippen LogP contribution in [0.25, 0.3) is 45.0 Å². The number of rotatable bonds is 14. The van der Waals surface area contributed by atoms with Gasteiger partial charge < -0.3 is 9.13 Å². The van der Waals surface area contributed by atoms with Crippen LogP contribution in [-0.2, 0) is 15.6 Å². The van der Waals surface area contributed by atoms with Gasteiger partial charge in [-0.05, 0) is 118 Å². The lowest BCUT2D eigenvalue weighted by Crippen LogP contribution is -2.28. The summed E-state index contributed by atoms with van der Waals surface area (Å²) < 4.78 is 31.6. The minimum atomic E-state index is -3.53. The number of fused-ring (bicyclic) bond motifs is 3. The number of benzene rings is 7. The van der Waals surface area contributed by atoms with Crippen molar-refractivity contribution in [3.8, 4) is 0 Å². The first-order valence-corrected chi connectivity index (χ1v) is 26.6. The normalized spacial score (nSPS) is 12.9. The molecule has 0 fully saturated rings. The Kier molecular flexibility index (Phi) is 21.5. The van der Waals surface area contributed by atoms with Gasteiger partial charge in [0, 0.05) is 28.5 Å². The standard InChI is InChI=1S/C47H40O2P2.C9H14.C4H8.C3H6/c1-4-30-50(48,31-5-2)42(26-22-36-15-7-6-14-35(36)3)34-46-45-21-13-12-18-39(45)25-29-47(46)51(49,43-27-23-37-16-8-10-19-40(37)32-43)44-28-24-38-17-9-11-20-41(38)33-44;1-4-6-7-8-9(3)5-2;1-3-4-2;1-3-2/h4-29,31-33H,1,3,30,34H2,2H3;4-7H,1,8H2,2-3H3;3H,1,4H2,2H3;3H,1H2,2H3/b31-5+,36-22-,42-26+;7-6-,9-5-;;. The first-order valence-electron chi connectivity index (χ1n) is 22.9. The molecule has 67 heavy (non-hydrogen) atoms. The lowest BCUT2D eigenvalue weighted by Gasteiger charge is -2.26. The lowest BCUT2D eigenvalue weighted by molar-refractivity contribution is 0.585. The molecule has 0 N–H and O–H groups in total. The molecule has 1 atom stereocenters. The van der Waals surface area contributed by atoms with Crippen molar-refractivity contribution in [2.24, 2.45) is 0 Å². The molecule has 0 amide bonds. The highest BCUT2D eigenvalue weighted by Crippen LogP contribution is 2.57. The largest absolute Gasteiger partial charge is 0.314 e. The SMILES string of the molecule is C=C/C=C\C/C(C)=C\C.C=CC.C=CCC.C=CCP(=O)(/C=C/C)/C(=C/C=c1/ccccc1=C)Cc1c(P(=O)(c2ccc3ccccc3c2)c2ccc3ccccc3c2)ccc2ccccc12. The molecule has 1 unspecified atom stereocenters. The smallest absolute Gasteiger partial charge is 0.171 e. The molecule has 0 spiro atoms. The maximum absolute atomic E-state index is 16.5. The van der Waals surface area contributed by atoms with Crippen LogP contribution < -0.4 is 26.4 Å². The van der Waals surface area contributed by atoms with Gasteiger partial charge in [0.25, 0.3) is 0 Å². The van der Waals surface area contributed by atoms with Crippen molar-refractivity contribution in [2.75, 3.05) is 6.16 Å². The Morgan fingerprint density at radius 3 is 1.69 bits per heavy atom. The van der Waals surface area contributed by atoms with Crippen LogP contribution in [0.15, 0.2) is 243 Å². The van der Waals surface area contributed by atoms with E-state index in [4.69, 9.17) is 0 Å². The molecule has 0 heterocycles. The van der Waals surface area contributed by atoms with Crippen LogP contribution in [0.5, 0.6) is 0 Å². The first-order chi connectivity index (χ1) is 32.5. The Labute approximate surface area is 401 Å². The van der Waals surface area contributed by atoms with Gasteiger partial charge >= 0.3 is 0 Å². The number of hydrogen-bond acceptors (Lipinski definition) is 2. The average Bonchev–Trinajstić information content (AvgIpc) is 3.35. The Morgan fingerprint density at radius 1 is 0.642 bits per heavy atom. The van der Waals surface area contributed by atoms with E-state index >= 15 is 9.13 Å². The molecule has 0 saturated carbocycles. The third kappa shape index (κ3) is 14.2. The predicted molar refractivity (Wildman–Crippen MR) is 303 cm³/mol. The van der Waals surface area contributed by atoms with Crippen LogP contribution in [0.1, 0.15) is 53.0 Å². The van der Waals surface area contributed by atoms with Gasteiger partial charge in [0.2, 0.25) is 0 Å². The summed E-state index contributed by atoms with van der Waals surface area (Å²) in [6, 6.07) is 49.0. The zero-order valence-corrected chi connectivity index (χ0v) is 42.1. The van der Waals surface area contributed by atoms with Crippen LogP contribution in [0.3, 0.4) is 0 Å². The van der Waals surface area contributed by atoms with Gasteiger partial charge in [-0.25, -0.2) is 0 Å². The summed E-state index contributed by atoms with van der Waals surface area (Å²) in [5.41, 5.74) is 2.31. The zero-order chi connectivity index (χ0) is 48.7. The van der Waals surface area contributed by atoms with Crippen molar-refractivity contribution in [3.63, 3.8) is 0 Å². The van der Waals surface area contributed by atoms with Gasteiger partial charge in [0.15, 0.2) is 7.14 Å². The molecule has 4 heteroatoms. The second-order valence-electron chi connectivity index (χ2n) is 16.0. The fraction of sp³-hybridized carbons (Fsp3) is 0.143. The highest BCUT2D eigenvalue weighted by atomic mass is 31.2. The van der Waals surface area contributed by atoms with Crippen molar-refractivity contribution in [3.05, 3.63) is 259 Å². The van der Waals surface area contributed by atoms with E-state index in [0.29, 0.717) is 12.6 Å². The fourth-order valence-electron chi connectivity index (χ4n) is 7.53. The van der Waals surface area contributed by atoms with Gasteiger partial charge in [0.05, 0.1) is 0 Å². The van der Waals surface area contributed by atoms with Crippen molar-refractivity contribution in [2.45, 2.75) is 53.9 Å². The van der Waals surface area contributed by atoms with Gasteiger partial charge in [-0.15, -0.1) is 19.7 Å². The molecule has 0 aliphatic rings. The van der Waals surface area contributed by atoms with Gasteiger partial charge in [0.1, 0.15) is 7.14 Å². The van der Waals surface area contributed by atoms with E-state index in [1.807, 2.05) is 129 Å². The third-order valence-electron chi connectivity index (χ3n) is 11.2. The molecular formula is C63H68O2P2. The summed E-state index contributed by atoms with van der Waals surface area (Å²) in [6.07, 6.45) is 22.0. The lowest BCUT2D eigenvalue weighted by atomic mass is 10.0. The number of allylic oxidation sites excluding steroid dienone is 11. The molecule has 7 rings (SSSR count). The summed E-state index contributed by atoms with van der Waals surface area (Å²) in [5.74, 6) is 1.83. The molecule has 2 nitrogen and oxygen atoms in total. The molecule has 7 aromatic carbocycles. The summed E-state index contributed by atoms with van der Waals surface area (Å²) in [7, 11) is -6.61. The van der Waals surface area contributed by atoms with Crippen molar-refractivity contribution < 1.29 is 9.13 Å². The van der Waals surface area contributed by atoms with E-state index in [0.717, 1.165) is 82.4 Å². The maximum atomic E-state index is 16.5. The van der Waals surface area contributed by atoms with E-state index in [1.165, 1.54) is 5.57 Å². The Bertz CT molecular complexity index is 3060. The summed E-state index contributed by atoms with van der Waals surface area (Å²) in [4.78, 5) is 0. The first kappa shape index (κ1) is 53.1. The van der Waals surface area contributed by atoms with Gasteiger partial charge in [-0.1, -0.05) is 214 Å². The predicted octanol–water partition coefficient (Wildman–Crippen LogP) is 16.0. The maximum Gasteiger partial charge on any atom is 0.171 e. The van der Waals surface area contributed by atoms with Crippen molar-refractivity contribution >= 4 is 75.2 Å². The monoisotopic (exact) mass is 918 g/mol. The van der Waals surface area contributed by atoms with E-state index in [2.05, 4.69) is 133 Å². The molecule has 0 aliphatic heterocycles. The van der Waals surface area contributed by atoms with E-state index in [1.54, 1.807) is 18.2 Å². The second kappa shape index (κ2) is 27.2. The quantitative estimate of drug-likeness (QED) is 0.0619. The molecule has 0 saturated heterocycles. The molecule has 7 aromatic rings. The van der Waals surface area contributed by atoms with Crippen LogP contribution >= 0.6 is 14.3 Å². The Balaban J connectivity index is 0.000000529. The van der Waals surface area contributed by atoms with Crippen molar-refractivity contribution in [1.82, 2.24) is 0 Å². The topological polar surface area (TPSA) is 34.1 Å². The Hall–Kier alpha value is -6.56. The molecule has 0 aliphatic carbocycles. The van der Waals surface area contributed by atoms with E-state index in [9.17, 15) is 0 Å². The minimum absolute atomic E-state index is 0.316. The summed E-state index contributed by atoms with van der Waals surface area (Å²) in [5, 5.41) is 11.2. The van der Waals surface area contributed by atoms with Crippen LogP contribution in [-0.4, -0.2) is 6.16 Å². The highest BCUT2D eigenvalue weighted by molar-refractivity contribution is 7.85. The summed E-state index contributed by atoms with van der Waals surface area (Å²) >= 11 is 0. The minimum Gasteiger partial charge on any atom is -0.314 e. The van der Waals surface area contributed by atoms with Crippen LogP contribution in [0, 0.1) is 0 Å². The van der Waals surface area contributed by atoms with Gasteiger partial charge in [-0.3, -0.25) is 0 Å². The van der Waals surface area contributed by atoms with Gasteiger partial charge in [-0.2, -0.15) is 0 Å². The number of hydrogen-bond donors (Lipinski definition) is 0. The highest BCUT2D eigenvalue weighted by Gasteiger charge is 2.35. The molecule has 0 aromatic heterocycles. The zero-order valence-electron chi connectivity index (χ0n) is 40.3. The fourth-order valence-corrected chi connectivity index (χ4v) is 12.6. The molecule has 0 bridgehead atoms. The second-order valence-corrected chi connectivity index (χ2v) is 21.6. The van der Waals surface area contributed by atoms with Crippen molar-refractivity contribution in [1.29, 1.82) is 0 Å². The summed E-state index contributed by atoms with van der Waals surface area (Å²) in [6.45, 7) is 28.6. The average molecular weight is 919 g/mol.